The molecule has 120 valence electrons. The van der Waals surface area contributed by atoms with Crippen LogP contribution in [0.25, 0.3) is 0 Å². The third-order valence-corrected chi connectivity index (χ3v) is 5.26. The van der Waals surface area contributed by atoms with Crippen molar-refractivity contribution in [2.75, 3.05) is 6.54 Å². The fraction of sp³-hybridized carbons (Fsp3) is 0.538. The lowest BCUT2D eigenvalue weighted by atomic mass is 9.95. The van der Waals surface area contributed by atoms with Crippen LogP contribution < -0.4 is 4.72 Å². The lowest BCUT2D eigenvalue weighted by Gasteiger charge is -2.25. The van der Waals surface area contributed by atoms with Crippen molar-refractivity contribution in [1.82, 2.24) is 4.72 Å². The van der Waals surface area contributed by atoms with Crippen LogP contribution in [-0.4, -0.2) is 25.7 Å². The molecule has 4 nitrogen and oxygen atoms in total. The summed E-state index contributed by atoms with van der Waals surface area (Å²) < 4.78 is 26.9. The standard InChI is InChI=1S/C13H18Cl3NO3S/c1-8(2)6-13(3,18)7-17-21(19,20)12-10(15)4-9(14)5-11(12)16/h4-5,8,17-18H,6-7H2,1-3H3. The second-order valence-corrected chi connectivity index (χ2v) is 8.57. The third-order valence-electron chi connectivity index (χ3n) is 2.72. The molecule has 0 radical (unpaired) electrons. The van der Waals surface area contributed by atoms with Crippen molar-refractivity contribution in [3.05, 3.63) is 27.2 Å². The average Bonchev–Trinajstić information content (AvgIpc) is 2.23. The average molecular weight is 375 g/mol. The molecule has 0 aliphatic carbocycles. The van der Waals surface area contributed by atoms with Gasteiger partial charge >= 0.3 is 0 Å². The van der Waals surface area contributed by atoms with Gasteiger partial charge in [0.2, 0.25) is 10.0 Å². The zero-order valence-electron chi connectivity index (χ0n) is 12.0. The van der Waals surface area contributed by atoms with Crippen LogP contribution in [0.5, 0.6) is 0 Å². The first-order chi connectivity index (χ1) is 9.44. The molecule has 0 amide bonds. The lowest BCUT2D eigenvalue weighted by Crippen LogP contribution is -2.41. The van der Waals surface area contributed by atoms with E-state index in [0.717, 1.165) is 0 Å². The predicted octanol–water partition coefficient (Wildman–Crippen LogP) is 3.72. The number of rotatable bonds is 6. The van der Waals surface area contributed by atoms with Gasteiger partial charge in [-0.3, -0.25) is 0 Å². The van der Waals surface area contributed by atoms with E-state index in [0.29, 0.717) is 6.42 Å². The van der Waals surface area contributed by atoms with E-state index in [4.69, 9.17) is 34.8 Å². The number of benzene rings is 1. The molecule has 21 heavy (non-hydrogen) atoms. The Morgan fingerprint density at radius 2 is 1.71 bits per heavy atom. The molecule has 2 N–H and O–H groups in total. The molecule has 0 aliphatic heterocycles. The first kappa shape index (κ1) is 19.0. The van der Waals surface area contributed by atoms with E-state index < -0.39 is 15.6 Å². The van der Waals surface area contributed by atoms with Gasteiger partial charge in [-0.05, 0) is 31.4 Å². The van der Waals surface area contributed by atoms with Crippen molar-refractivity contribution in [3.63, 3.8) is 0 Å². The molecule has 0 aromatic heterocycles. The summed E-state index contributed by atoms with van der Waals surface area (Å²) in [5.41, 5.74) is -1.16. The van der Waals surface area contributed by atoms with Gasteiger partial charge < -0.3 is 5.11 Å². The number of halogens is 3. The molecule has 1 atom stereocenters. The summed E-state index contributed by atoms with van der Waals surface area (Å²) >= 11 is 17.6. The Balaban J connectivity index is 2.98. The molecule has 0 aliphatic rings. The van der Waals surface area contributed by atoms with Crippen LogP contribution in [0.3, 0.4) is 0 Å². The molecule has 0 saturated heterocycles. The molecule has 0 fully saturated rings. The van der Waals surface area contributed by atoms with Crippen molar-refractivity contribution in [2.24, 2.45) is 5.92 Å². The van der Waals surface area contributed by atoms with E-state index in [-0.39, 0.29) is 32.4 Å². The summed E-state index contributed by atoms with van der Waals surface area (Å²) in [6.45, 7) is 5.31. The van der Waals surface area contributed by atoms with Gasteiger partial charge in [0.1, 0.15) is 4.90 Å². The largest absolute Gasteiger partial charge is 0.389 e. The summed E-state index contributed by atoms with van der Waals surface area (Å²) in [4.78, 5) is -0.240. The maximum Gasteiger partial charge on any atom is 0.243 e. The maximum atomic E-state index is 12.3. The molecule has 1 aromatic carbocycles. The van der Waals surface area contributed by atoms with Crippen LogP contribution in [0.1, 0.15) is 27.2 Å². The minimum Gasteiger partial charge on any atom is -0.389 e. The number of hydrogen-bond donors (Lipinski definition) is 2. The number of aliphatic hydroxyl groups is 1. The van der Waals surface area contributed by atoms with Crippen LogP contribution in [0.4, 0.5) is 0 Å². The van der Waals surface area contributed by atoms with Gasteiger partial charge in [-0.15, -0.1) is 0 Å². The van der Waals surface area contributed by atoms with E-state index in [1.165, 1.54) is 12.1 Å². The smallest absolute Gasteiger partial charge is 0.243 e. The topological polar surface area (TPSA) is 66.4 Å². The Morgan fingerprint density at radius 1 is 1.24 bits per heavy atom. The highest BCUT2D eigenvalue weighted by atomic mass is 35.5. The monoisotopic (exact) mass is 373 g/mol. The van der Waals surface area contributed by atoms with Crippen molar-refractivity contribution >= 4 is 44.8 Å². The predicted molar refractivity (Wildman–Crippen MR) is 86.7 cm³/mol. The SMILES string of the molecule is CC(C)CC(C)(O)CNS(=O)(=O)c1c(Cl)cc(Cl)cc1Cl. The van der Waals surface area contributed by atoms with Crippen LogP contribution in [0.2, 0.25) is 15.1 Å². The first-order valence-electron chi connectivity index (χ1n) is 6.31. The highest BCUT2D eigenvalue weighted by Crippen LogP contribution is 2.32. The van der Waals surface area contributed by atoms with Crippen molar-refractivity contribution in [2.45, 2.75) is 37.7 Å². The highest BCUT2D eigenvalue weighted by Gasteiger charge is 2.28. The molecule has 1 aromatic rings. The van der Waals surface area contributed by atoms with Gasteiger partial charge in [0.15, 0.2) is 0 Å². The normalized spacial score (nSPS) is 15.2. The second-order valence-electron chi connectivity index (χ2n) is 5.62. The molecule has 1 rings (SSSR count). The van der Waals surface area contributed by atoms with Crippen LogP contribution >= 0.6 is 34.8 Å². The molecule has 0 spiro atoms. The third kappa shape index (κ3) is 5.58. The van der Waals surface area contributed by atoms with Crippen LogP contribution in [0, 0.1) is 5.92 Å². The fourth-order valence-electron chi connectivity index (χ4n) is 2.06. The van der Waals surface area contributed by atoms with E-state index in [1.54, 1.807) is 6.92 Å². The molecule has 1 unspecified atom stereocenters. The van der Waals surface area contributed by atoms with E-state index in [1.807, 2.05) is 13.8 Å². The van der Waals surface area contributed by atoms with Gasteiger partial charge in [-0.2, -0.15) is 0 Å². The van der Waals surface area contributed by atoms with Crippen LogP contribution in [0.15, 0.2) is 17.0 Å². The minimum absolute atomic E-state index is 0.0662. The molecule has 0 heterocycles. The Kier molecular flexibility index (Phi) is 6.36. The van der Waals surface area contributed by atoms with Gasteiger partial charge in [-0.1, -0.05) is 48.7 Å². The Labute approximate surface area is 140 Å². The number of hydrogen-bond acceptors (Lipinski definition) is 3. The van der Waals surface area contributed by atoms with E-state index in [2.05, 4.69) is 4.72 Å². The molecule has 8 heteroatoms. The van der Waals surface area contributed by atoms with Gasteiger partial charge in [-0.25, -0.2) is 13.1 Å². The Bertz CT molecular complexity index is 592. The van der Waals surface area contributed by atoms with E-state index >= 15 is 0 Å². The van der Waals surface area contributed by atoms with Gasteiger partial charge in [0, 0.05) is 11.6 Å². The number of sulfonamides is 1. The van der Waals surface area contributed by atoms with Gasteiger partial charge in [0.25, 0.3) is 0 Å². The first-order valence-corrected chi connectivity index (χ1v) is 8.93. The van der Waals surface area contributed by atoms with Crippen LogP contribution in [-0.2, 0) is 10.0 Å². The fourth-order valence-corrected chi connectivity index (χ4v) is 4.76. The summed E-state index contributed by atoms with van der Waals surface area (Å²) in [5.74, 6) is 0.229. The molecule has 0 bridgehead atoms. The summed E-state index contributed by atoms with van der Waals surface area (Å²) in [5, 5.41) is 10.3. The maximum absolute atomic E-state index is 12.3. The Hall–Kier alpha value is -0.0400. The molecular formula is C13H18Cl3NO3S. The molecular weight excluding hydrogens is 357 g/mol. The highest BCUT2D eigenvalue weighted by molar-refractivity contribution is 7.89. The van der Waals surface area contributed by atoms with Crippen molar-refractivity contribution in [1.29, 1.82) is 0 Å². The van der Waals surface area contributed by atoms with Gasteiger partial charge in [0.05, 0.1) is 15.6 Å². The van der Waals surface area contributed by atoms with Crippen molar-refractivity contribution in [3.8, 4) is 0 Å². The zero-order valence-corrected chi connectivity index (χ0v) is 15.0. The van der Waals surface area contributed by atoms with Crippen molar-refractivity contribution < 1.29 is 13.5 Å². The molecule has 0 saturated carbocycles. The number of nitrogens with one attached hydrogen (secondary N) is 1. The minimum atomic E-state index is -3.94. The quantitative estimate of drug-likeness (QED) is 0.797. The Morgan fingerprint density at radius 3 is 2.14 bits per heavy atom. The lowest BCUT2D eigenvalue weighted by molar-refractivity contribution is 0.0437. The second kappa shape index (κ2) is 7.02. The van der Waals surface area contributed by atoms with E-state index in [9.17, 15) is 13.5 Å². The summed E-state index contributed by atoms with van der Waals surface area (Å²) in [6, 6.07) is 2.60. The summed E-state index contributed by atoms with van der Waals surface area (Å²) in [7, 11) is -3.94. The summed E-state index contributed by atoms with van der Waals surface area (Å²) in [6.07, 6.45) is 0.456. The zero-order chi connectivity index (χ0) is 16.4.